The zero-order chi connectivity index (χ0) is 14.5. The second kappa shape index (κ2) is 6.39. The third kappa shape index (κ3) is 2.91. The van der Waals surface area contributed by atoms with Crippen molar-refractivity contribution in [1.29, 1.82) is 0 Å². The molecule has 1 N–H and O–H groups in total. The summed E-state index contributed by atoms with van der Waals surface area (Å²) in [6.45, 7) is 0.604. The number of anilines is 2. The van der Waals surface area contributed by atoms with Crippen molar-refractivity contribution >= 4 is 11.4 Å². The number of methoxy groups -OCH3 is 1. The average molecular weight is 274 g/mol. The van der Waals surface area contributed by atoms with E-state index in [2.05, 4.69) is 5.32 Å². The molecule has 0 saturated carbocycles. The molecule has 106 valence electrons. The first-order valence-corrected chi connectivity index (χ1v) is 6.47. The van der Waals surface area contributed by atoms with Gasteiger partial charge < -0.3 is 15.0 Å². The third-order valence-corrected chi connectivity index (χ3v) is 3.22. The summed E-state index contributed by atoms with van der Waals surface area (Å²) in [7, 11) is 5.44. The van der Waals surface area contributed by atoms with Crippen molar-refractivity contribution < 1.29 is 9.13 Å². The Hall–Kier alpha value is -2.07. The van der Waals surface area contributed by atoms with Crippen LogP contribution in [0.4, 0.5) is 15.8 Å². The molecule has 0 unspecified atom stereocenters. The first-order valence-electron chi connectivity index (χ1n) is 6.47. The van der Waals surface area contributed by atoms with Gasteiger partial charge in [0.15, 0.2) is 0 Å². The van der Waals surface area contributed by atoms with Crippen LogP contribution < -0.4 is 15.0 Å². The van der Waals surface area contributed by atoms with Gasteiger partial charge in [-0.1, -0.05) is 12.1 Å². The van der Waals surface area contributed by atoms with Gasteiger partial charge in [-0.3, -0.25) is 0 Å². The fourth-order valence-electron chi connectivity index (χ4n) is 2.25. The largest absolute Gasteiger partial charge is 0.495 e. The number of nitrogens with one attached hydrogen (secondary N) is 1. The van der Waals surface area contributed by atoms with Crippen LogP contribution in [0.3, 0.4) is 0 Å². The smallest absolute Gasteiger partial charge is 0.142 e. The van der Waals surface area contributed by atoms with E-state index < -0.39 is 0 Å². The molecule has 0 aliphatic carbocycles. The van der Waals surface area contributed by atoms with Crippen LogP contribution in [0, 0.1) is 5.82 Å². The number of benzene rings is 2. The summed E-state index contributed by atoms with van der Waals surface area (Å²) in [5.41, 5.74) is 2.80. The van der Waals surface area contributed by atoms with E-state index in [0.717, 1.165) is 22.7 Å². The Morgan fingerprint density at radius 3 is 2.60 bits per heavy atom. The normalized spacial score (nSPS) is 10.4. The van der Waals surface area contributed by atoms with Crippen molar-refractivity contribution in [2.75, 3.05) is 26.1 Å². The topological polar surface area (TPSA) is 24.5 Å². The van der Waals surface area contributed by atoms with Crippen molar-refractivity contribution in [2.45, 2.75) is 6.54 Å². The van der Waals surface area contributed by atoms with Gasteiger partial charge in [-0.15, -0.1) is 0 Å². The van der Waals surface area contributed by atoms with Crippen LogP contribution in [0.5, 0.6) is 5.75 Å². The molecule has 3 nitrogen and oxygen atoms in total. The van der Waals surface area contributed by atoms with Gasteiger partial charge in [-0.25, -0.2) is 4.39 Å². The maximum atomic E-state index is 13.4. The molecule has 0 saturated heterocycles. The van der Waals surface area contributed by atoms with E-state index in [1.807, 2.05) is 43.3 Å². The number of hydrogen-bond acceptors (Lipinski definition) is 3. The Kier molecular flexibility index (Phi) is 4.58. The lowest BCUT2D eigenvalue weighted by atomic mass is 10.1. The molecule has 0 aliphatic heterocycles. The Morgan fingerprint density at radius 2 is 1.90 bits per heavy atom. The highest BCUT2D eigenvalue weighted by Gasteiger charge is 2.13. The lowest BCUT2D eigenvalue weighted by Gasteiger charge is -2.24. The molecule has 0 radical (unpaired) electrons. The minimum Gasteiger partial charge on any atom is -0.495 e. The molecular weight excluding hydrogens is 255 g/mol. The van der Waals surface area contributed by atoms with Gasteiger partial charge in [0.1, 0.15) is 11.6 Å². The number of ether oxygens (including phenoxy) is 1. The van der Waals surface area contributed by atoms with E-state index in [1.54, 1.807) is 19.2 Å². The quantitative estimate of drug-likeness (QED) is 0.905. The minimum atomic E-state index is -0.229. The van der Waals surface area contributed by atoms with Gasteiger partial charge in [0.2, 0.25) is 0 Å². The summed E-state index contributed by atoms with van der Waals surface area (Å²) < 4.78 is 18.8. The van der Waals surface area contributed by atoms with E-state index in [4.69, 9.17) is 4.74 Å². The third-order valence-electron chi connectivity index (χ3n) is 3.22. The molecule has 20 heavy (non-hydrogen) atoms. The maximum absolute atomic E-state index is 13.4. The highest BCUT2D eigenvalue weighted by molar-refractivity contribution is 5.70. The van der Waals surface area contributed by atoms with E-state index >= 15 is 0 Å². The van der Waals surface area contributed by atoms with E-state index in [-0.39, 0.29) is 5.82 Å². The standard InChI is InChI=1S/C16H19FN2O/c1-18-11-12-10-13(17)8-9-14(12)19(2)15-6-4-5-7-16(15)20-3/h4-10,18H,11H2,1-3H3. The lowest BCUT2D eigenvalue weighted by molar-refractivity contribution is 0.415. The molecule has 0 spiro atoms. The van der Waals surface area contributed by atoms with E-state index in [0.29, 0.717) is 6.54 Å². The van der Waals surface area contributed by atoms with Gasteiger partial charge in [0, 0.05) is 19.3 Å². The summed E-state index contributed by atoms with van der Waals surface area (Å²) in [5, 5.41) is 3.06. The molecule has 4 heteroatoms. The number of halogens is 1. The zero-order valence-electron chi connectivity index (χ0n) is 12.0. The minimum absolute atomic E-state index is 0.229. The van der Waals surface area contributed by atoms with Crippen molar-refractivity contribution in [3.8, 4) is 5.75 Å². The van der Waals surface area contributed by atoms with Gasteiger partial charge in [-0.05, 0) is 42.9 Å². The number of nitrogens with zero attached hydrogens (tertiary/aromatic N) is 1. The predicted octanol–water partition coefficient (Wildman–Crippen LogP) is 3.32. The van der Waals surface area contributed by atoms with Crippen LogP contribution in [0.25, 0.3) is 0 Å². The summed E-state index contributed by atoms with van der Waals surface area (Å²) in [5.74, 6) is 0.558. The van der Waals surface area contributed by atoms with E-state index in [1.165, 1.54) is 6.07 Å². The lowest BCUT2D eigenvalue weighted by Crippen LogP contribution is -2.15. The molecule has 0 amide bonds. The van der Waals surface area contributed by atoms with Crippen molar-refractivity contribution in [3.63, 3.8) is 0 Å². The predicted molar refractivity (Wildman–Crippen MR) is 80.2 cm³/mol. The second-order valence-electron chi connectivity index (χ2n) is 4.53. The number of rotatable bonds is 5. The Bertz CT molecular complexity index is 586. The molecule has 0 fully saturated rings. The maximum Gasteiger partial charge on any atom is 0.142 e. The second-order valence-corrected chi connectivity index (χ2v) is 4.53. The fraction of sp³-hybridized carbons (Fsp3) is 0.250. The zero-order valence-corrected chi connectivity index (χ0v) is 12.0. The Balaban J connectivity index is 2.44. The summed E-state index contributed by atoms with van der Waals surface area (Å²) in [6.07, 6.45) is 0. The Labute approximate surface area is 119 Å². The van der Waals surface area contributed by atoms with Gasteiger partial charge >= 0.3 is 0 Å². The van der Waals surface area contributed by atoms with Crippen molar-refractivity contribution in [3.05, 3.63) is 53.8 Å². The molecule has 0 aliphatic rings. The summed E-state index contributed by atoms with van der Waals surface area (Å²) in [4.78, 5) is 2.00. The SMILES string of the molecule is CNCc1cc(F)ccc1N(C)c1ccccc1OC. The van der Waals surface area contributed by atoms with Gasteiger partial charge in [0.25, 0.3) is 0 Å². The van der Waals surface area contributed by atoms with Crippen LogP contribution in [0.2, 0.25) is 0 Å². The van der Waals surface area contributed by atoms with Gasteiger partial charge in [0.05, 0.1) is 12.8 Å². The monoisotopic (exact) mass is 274 g/mol. The van der Waals surface area contributed by atoms with Gasteiger partial charge in [-0.2, -0.15) is 0 Å². The summed E-state index contributed by atoms with van der Waals surface area (Å²) >= 11 is 0. The molecular formula is C16H19FN2O. The summed E-state index contributed by atoms with van der Waals surface area (Å²) in [6, 6.07) is 12.6. The first-order chi connectivity index (χ1) is 9.67. The molecule has 0 bridgehead atoms. The molecule has 0 aromatic heterocycles. The van der Waals surface area contributed by atoms with Crippen molar-refractivity contribution in [2.24, 2.45) is 0 Å². The van der Waals surface area contributed by atoms with Crippen LogP contribution in [-0.4, -0.2) is 21.2 Å². The fourth-order valence-corrected chi connectivity index (χ4v) is 2.25. The molecule has 0 heterocycles. The van der Waals surface area contributed by atoms with Crippen molar-refractivity contribution in [1.82, 2.24) is 5.32 Å². The molecule has 2 rings (SSSR count). The number of hydrogen-bond donors (Lipinski definition) is 1. The average Bonchev–Trinajstić information content (AvgIpc) is 2.47. The molecule has 2 aromatic carbocycles. The highest BCUT2D eigenvalue weighted by atomic mass is 19.1. The highest BCUT2D eigenvalue weighted by Crippen LogP contribution is 2.34. The van der Waals surface area contributed by atoms with Crippen LogP contribution in [0.1, 0.15) is 5.56 Å². The molecule has 0 atom stereocenters. The number of para-hydroxylation sites is 2. The van der Waals surface area contributed by atoms with Crippen LogP contribution in [0.15, 0.2) is 42.5 Å². The first kappa shape index (κ1) is 14.3. The Morgan fingerprint density at radius 1 is 1.15 bits per heavy atom. The van der Waals surface area contributed by atoms with Crippen LogP contribution in [-0.2, 0) is 6.54 Å². The molecule has 2 aromatic rings. The van der Waals surface area contributed by atoms with E-state index in [9.17, 15) is 4.39 Å². The van der Waals surface area contributed by atoms with Crippen LogP contribution >= 0.6 is 0 Å².